The minimum Gasteiger partial charge on any atom is -0.352 e. The number of carbonyl (C=O) groups is 1. The van der Waals surface area contributed by atoms with E-state index in [4.69, 9.17) is 11.6 Å². The van der Waals surface area contributed by atoms with Crippen LogP contribution in [0.4, 0.5) is 4.39 Å². The maximum atomic E-state index is 13.6. The normalized spacial score (nSPS) is 17.4. The van der Waals surface area contributed by atoms with Gasteiger partial charge in [0.1, 0.15) is 5.82 Å². The zero-order valence-electron chi connectivity index (χ0n) is 12.2. The van der Waals surface area contributed by atoms with Crippen molar-refractivity contribution in [1.82, 2.24) is 9.62 Å². The number of piperidine rings is 1. The topological polar surface area (TPSA) is 66.5 Å². The summed E-state index contributed by atoms with van der Waals surface area (Å²) in [4.78, 5) is 12.1. The number of nitrogens with zero attached hydrogens (tertiary/aromatic N) is 1. The Hall–Kier alpha value is -1.18. The molecule has 8 heteroatoms. The molecule has 1 aliphatic heterocycles. The van der Waals surface area contributed by atoms with E-state index in [0.29, 0.717) is 36.5 Å². The van der Waals surface area contributed by atoms with Gasteiger partial charge in [-0.25, -0.2) is 17.1 Å². The van der Waals surface area contributed by atoms with Gasteiger partial charge in [0.2, 0.25) is 15.9 Å². The Morgan fingerprint density at radius 3 is 2.64 bits per heavy atom. The number of carbonyl (C=O) groups excluding carboxylic acids is 1. The highest BCUT2D eigenvalue weighted by atomic mass is 35.5. The SMILES string of the molecule is CS(=O)(=O)N1CCC(C(=O)NCc2cc(Cl)ccc2F)CC1. The molecule has 1 aromatic rings. The fraction of sp³-hybridized carbons (Fsp3) is 0.500. The van der Waals surface area contributed by atoms with Gasteiger partial charge in [-0.05, 0) is 31.0 Å². The Balaban J connectivity index is 1.87. The van der Waals surface area contributed by atoms with Gasteiger partial charge in [0.05, 0.1) is 6.26 Å². The van der Waals surface area contributed by atoms with Crippen molar-refractivity contribution >= 4 is 27.5 Å². The molecule has 0 unspecified atom stereocenters. The molecule has 1 heterocycles. The van der Waals surface area contributed by atoms with E-state index in [0.717, 1.165) is 6.26 Å². The van der Waals surface area contributed by atoms with E-state index in [1.165, 1.54) is 22.5 Å². The van der Waals surface area contributed by atoms with Gasteiger partial charge in [0, 0.05) is 36.1 Å². The summed E-state index contributed by atoms with van der Waals surface area (Å²) in [7, 11) is -3.20. The molecule has 1 fully saturated rings. The zero-order chi connectivity index (χ0) is 16.3. The molecule has 0 saturated carbocycles. The molecule has 5 nitrogen and oxygen atoms in total. The van der Waals surface area contributed by atoms with Crippen molar-refractivity contribution in [3.63, 3.8) is 0 Å². The fourth-order valence-electron chi connectivity index (χ4n) is 2.46. The van der Waals surface area contributed by atoms with Crippen LogP contribution in [0.15, 0.2) is 18.2 Å². The van der Waals surface area contributed by atoms with E-state index in [-0.39, 0.29) is 18.4 Å². The van der Waals surface area contributed by atoms with Gasteiger partial charge in [-0.15, -0.1) is 0 Å². The van der Waals surface area contributed by atoms with Gasteiger partial charge in [-0.1, -0.05) is 11.6 Å². The molecule has 1 aromatic carbocycles. The van der Waals surface area contributed by atoms with Crippen LogP contribution in [0.3, 0.4) is 0 Å². The molecule has 1 saturated heterocycles. The largest absolute Gasteiger partial charge is 0.352 e. The van der Waals surface area contributed by atoms with E-state index in [1.807, 2.05) is 0 Å². The lowest BCUT2D eigenvalue weighted by Crippen LogP contribution is -2.42. The zero-order valence-corrected chi connectivity index (χ0v) is 13.8. The van der Waals surface area contributed by atoms with Gasteiger partial charge < -0.3 is 5.32 Å². The van der Waals surface area contributed by atoms with Gasteiger partial charge in [0.25, 0.3) is 0 Å². The van der Waals surface area contributed by atoms with Crippen molar-refractivity contribution in [2.45, 2.75) is 19.4 Å². The lowest BCUT2D eigenvalue weighted by atomic mass is 9.97. The second-order valence-electron chi connectivity index (χ2n) is 5.39. The number of halogens is 2. The molecule has 0 atom stereocenters. The maximum absolute atomic E-state index is 13.6. The minimum absolute atomic E-state index is 0.0670. The molecule has 22 heavy (non-hydrogen) atoms. The first-order valence-corrected chi connectivity index (χ1v) is 9.17. The third kappa shape index (κ3) is 4.41. The Morgan fingerprint density at radius 2 is 2.05 bits per heavy atom. The number of benzene rings is 1. The summed E-state index contributed by atoms with van der Waals surface area (Å²) in [5.41, 5.74) is 0.328. The number of sulfonamides is 1. The molecule has 1 amide bonds. The van der Waals surface area contributed by atoms with Crippen LogP contribution in [-0.4, -0.2) is 38.0 Å². The van der Waals surface area contributed by atoms with E-state index in [2.05, 4.69) is 5.32 Å². The van der Waals surface area contributed by atoms with Crippen molar-refractivity contribution in [3.8, 4) is 0 Å². The van der Waals surface area contributed by atoms with Crippen LogP contribution in [0, 0.1) is 11.7 Å². The van der Waals surface area contributed by atoms with Crippen LogP contribution in [0.1, 0.15) is 18.4 Å². The predicted octanol–water partition coefficient (Wildman–Crippen LogP) is 1.77. The first kappa shape index (κ1) is 17.2. The summed E-state index contributed by atoms with van der Waals surface area (Å²) >= 11 is 5.80. The molecular formula is C14H18ClFN2O3S. The summed E-state index contributed by atoms with van der Waals surface area (Å²) in [6.07, 6.45) is 2.10. The average Bonchev–Trinajstić information content (AvgIpc) is 2.47. The number of hydrogen-bond acceptors (Lipinski definition) is 3. The average molecular weight is 349 g/mol. The summed E-state index contributed by atoms with van der Waals surface area (Å²) in [5.74, 6) is -0.857. The molecule has 1 aliphatic rings. The monoisotopic (exact) mass is 348 g/mol. The Labute approximate surface area is 134 Å². The van der Waals surface area contributed by atoms with Crippen molar-refractivity contribution in [3.05, 3.63) is 34.6 Å². The number of hydrogen-bond donors (Lipinski definition) is 1. The molecule has 1 N–H and O–H groups in total. The van der Waals surface area contributed by atoms with Crippen LogP contribution in [-0.2, 0) is 21.4 Å². The Morgan fingerprint density at radius 1 is 1.41 bits per heavy atom. The highest BCUT2D eigenvalue weighted by Crippen LogP contribution is 2.20. The van der Waals surface area contributed by atoms with Gasteiger partial charge >= 0.3 is 0 Å². The third-order valence-corrected chi connectivity index (χ3v) is 5.29. The minimum atomic E-state index is -3.20. The predicted molar refractivity (Wildman–Crippen MR) is 82.4 cm³/mol. The second kappa shape index (κ2) is 6.93. The van der Waals surface area contributed by atoms with Crippen LogP contribution in [0.5, 0.6) is 0 Å². The van der Waals surface area contributed by atoms with Crippen molar-refractivity contribution in [1.29, 1.82) is 0 Å². The Kier molecular flexibility index (Phi) is 5.41. The summed E-state index contributed by atoms with van der Waals surface area (Å²) in [6, 6.07) is 4.18. The van der Waals surface area contributed by atoms with Crippen molar-refractivity contribution in [2.24, 2.45) is 5.92 Å². The number of rotatable bonds is 4. The lowest BCUT2D eigenvalue weighted by molar-refractivity contribution is -0.126. The highest BCUT2D eigenvalue weighted by Gasteiger charge is 2.28. The van der Waals surface area contributed by atoms with E-state index in [9.17, 15) is 17.6 Å². The van der Waals surface area contributed by atoms with Crippen LogP contribution < -0.4 is 5.32 Å². The summed E-state index contributed by atoms with van der Waals surface area (Å²) < 4.78 is 37.8. The standard InChI is InChI=1S/C14H18ClFN2O3S/c1-22(20,21)18-6-4-10(5-7-18)14(19)17-9-11-8-12(15)2-3-13(11)16/h2-3,8,10H,4-7,9H2,1H3,(H,17,19). The Bertz CT molecular complexity index is 658. The third-order valence-electron chi connectivity index (χ3n) is 3.75. The summed E-state index contributed by atoms with van der Waals surface area (Å²) in [6.45, 7) is 0.739. The molecule has 0 bridgehead atoms. The van der Waals surface area contributed by atoms with Crippen molar-refractivity contribution in [2.75, 3.05) is 19.3 Å². The molecule has 2 rings (SSSR count). The van der Waals surface area contributed by atoms with Crippen LogP contribution >= 0.6 is 11.6 Å². The molecule has 0 aliphatic carbocycles. The van der Waals surface area contributed by atoms with Gasteiger partial charge in [0.15, 0.2) is 0 Å². The first-order valence-electron chi connectivity index (χ1n) is 6.94. The van der Waals surface area contributed by atoms with E-state index < -0.39 is 15.8 Å². The van der Waals surface area contributed by atoms with Gasteiger partial charge in [-0.3, -0.25) is 4.79 Å². The van der Waals surface area contributed by atoms with E-state index >= 15 is 0 Å². The quantitative estimate of drug-likeness (QED) is 0.901. The van der Waals surface area contributed by atoms with E-state index in [1.54, 1.807) is 0 Å². The molecular weight excluding hydrogens is 331 g/mol. The second-order valence-corrected chi connectivity index (χ2v) is 7.81. The van der Waals surface area contributed by atoms with Crippen LogP contribution in [0.25, 0.3) is 0 Å². The number of nitrogens with one attached hydrogen (secondary N) is 1. The van der Waals surface area contributed by atoms with Crippen molar-refractivity contribution < 1.29 is 17.6 Å². The smallest absolute Gasteiger partial charge is 0.223 e. The highest BCUT2D eigenvalue weighted by molar-refractivity contribution is 7.88. The number of amides is 1. The molecule has 0 aromatic heterocycles. The first-order chi connectivity index (χ1) is 10.3. The van der Waals surface area contributed by atoms with Gasteiger partial charge in [-0.2, -0.15) is 0 Å². The maximum Gasteiger partial charge on any atom is 0.223 e. The van der Waals surface area contributed by atoms with Crippen LogP contribution in [0.2, 0.25) is 5.02 Å². The molecule has 0 radical (unpaired) electrons. The lowest BCUT2D eigenvalue weighted by Gasteiger charge is -2.29. The summed E-state index contributed by atoms with van der Waals surface area (Å²) in [5, 5.41) is 3.09. The fourth-order valence-corrected chi connectivity index (χ4v) is 3.52. The molecule has 122 valence electrons. The molecule has 0 spiro atoms.